The van der Waals surface area contributed by atoms with Crippen LogP contribution in [0.3, 0.4) is 0 Å². The number of methoxy groups -OCH3 is 2. The van der Waals surface area contributed by atoms with Crippen molar-refractivity contribution in [3.05, 3.63) is 40.9 Å². The molecule has 114 valence electrons. The molecule has 0 bridgehead atoms. The molecule has 2 rings (SSSR count). The molecule has 0 aliphatic heterocycles. The average molecular weight is 311 g/mol. The van der Waals surface area contributed by atoms with Crippen LogP contribution in [0.2, 0.25) is 5.02 Å². The van der Waals surface area contributed by atoms with E-state index in [1.54, 1.807) is 25.4 Å². The van der Waals surface area contributed by atoms with E-state index in [1.165, 1.54) is 7.11 Å². The van der Waals surface area contributed by atoms with Crippen LogP contribution in [0.5, 0.6) is 11.5 Å². The van der Waals surface area contributed by atoms with Crippen molar-refractivity contribution in [2.45, 2.75) is 18.9 Å². The van der Waals surface area contributed by atoms with Gasteiger partial charge in [-0.15, -0.1) is 0 Å². The van der Waals surface area contributed by atoms with Gasteiger partial charge in [-0.1, -0.05) is 17.7 Å². The first-order valence-electron chi connectivity index (χ1n) is 6.63. The Bertz CT molecular complexity index is 613. The maximum atomic E-state index is 10.4. The van der Waals surface area contributed by atoms with Crippen LogP contribution in [-0.2, 0) is 13.5 Å². The number of aryl methyl sites for hydroxylation is 2. The van der Waals surface area contributed by atoms with E-state index < -0.39 is 6.10 Å². The highest BCUT2D eigenvalue weighted by Crippen LogP contribution is 2.40. The first kappa shape index (κ1) is 15.7. The lowest BCUT2D eigenvalue weighted by Gasteiger charge is -2.16. The van der Waals surface area contributed by atoms with E-state index in [2.05, 4.69) is 4.98 Å². The molecule has 0 radical (unpaired) electrons. The van der Waals surface area contributed by atoms with E-state index in [0.717, 1.165) is 5.82 Å². The molecule has 1 unspecified atom stereocenters. The van der Waals surface area contributed by atoms with Gasteiger partial charge in [-0.3, -0.25) is 0 Å². The zero-order chi connectivity index (χ0) is 15.4. The molecule has 21 heavy (non-hydrogen) atoms. The molecule has 0 aliphatic rings. The number of hydrogen-bond acceptors (Lipinski definition) is 4. The summed E-state index contributed by atoms with van der Waals surface area (Å²) in [6.07, 6.45) is 4.13. The van der Waals surface area contributed by atoms with E-state index in [9.17, 15) is 5.11 Å². The minimum absolute atomic E-state index is 0.379. The lowest BCUT2D eigenvalue weighted by atomic mass is 10.0. The van der Waals surface area contributed by atoms with Gasteiger partial charge in [-0.25, -0.2) is 4.98 Å². The van der Waals surface area contributed by atoms with Crippen LogP contribution in [-0.4, -0.2) is 28.9 Å². The van der Waals surface area contributed by atoms with Gasteiger partial charge in [-0.05, 0) is 12.5 Å². The van der Waals surface area contributed by atoms with E-state index in [0.29, 0.717) is 34.9 Å². The molecule has 1 atom stereocenters. The number of aromatic nitrogens is 2. The van der Waals surface area contributed by atoms with Gasteiger partial charge in [0.25, 0.3) is 0 Å². The Morgan fingerprint density at radius 2 is 2.10 bits per heavy atom. The number of hydrogen-bond donors (Lipinski definition) is 1. The van der Waals surface area contributed by atoms with Gasteiger partial charge in [0.2, 0.25) is 0 Å². The quantitative estimate of drug-likeness (QED) is 0.891. The van der Waals surface area contributed by atoms with Gasteiger partial charge in [0, 0.05) is 31.4 Å². The van der Waals surface area contributed by atoms with E-state index in [4.69, 9.17) is 21.1 Å². The molecule has 0 amide bonds. The van der Waals surface area contributed by atoms with Gasteiger partial charge in [-0.2, -0.15) is 0 Å². The number of benzene rings is 1. The molecule has 2 aromatic rings. The fourth-order valence-electron chi connectivity index (χ4n) is 2.22. The third-order valence-electron chi connectivity index (χ3n) is 3.44. The summed E-state index contributed by atoms with van der Waals surface area (Å²) in [7, 11) is 5.00. The second-order valence-corrected chi connectivity index (χ2v) is 5.09. The molecule has 0 spiro atoms. The van der Waals surface area contributed by atoms with Crippen molar-refractivity contribution in [2.75, 3.05) is 14.2 Å². The first-order valence-corrected chi connectivity index (χ1v) is 7.01. The number of ether oxygens (including phenoxy) is 2. The molecule has 5 nitrogen and oxygen atoms in total. The monoisotopic (exact) mass is 310 g/mol. The molecular weight excluding hydrogens is 292 g/mol. The summed E-state index contributed by atoms with van der Waals surface area (Å²) in [5.74, 6) is 1.90. The minimum atomic E-state index is -0.686. The lowest BCUT2D eigenvalue weighted by molar-refractivity contribution is 0.166. The van der Waals surface area contributed by atoms with Crippen LogP contribution in [0.4, 0.5) is 0 Å². The Hall–Kier alpha value is -1.72. The van der Waals surface area contributed by atoms with Crippen LogP contribution in [0, 0.1) is 0 Å². The van der Waals surface area contributed by atoms with Gasteiger partial charge >= 0.3 is 0 Å². The zero-order valence-electron chi connectivity index (χ0n) is 12.3. The predicted octanol–water partition coefficient (Wildman–Crippen LogP) is 2.76. The highest BCUT2D eigenvalue weighted by molar-refractivity contribution is 6.33. The Morgan fingerprint density at radius 3 is 2.67 bits per heavy atom. The first-order chi connectivity index (χ1) is 10.1. The maximum absolute atomic E-state index is 10.4. The molecular formula is C15H19ClN2O3. The molecule has 0 saturated heterocycles. The van der Waals surface area contributed by atoms with Crippen molar-refractivity contribution < 1.29 is 14.6 Å². The van der Waals surface area contributed by atoms with Crippen molar-refractivity contribution in [1.29, 1.82) is 0 Å². The molecule has 1 N–H and O–H groups in total. The minimum Gasteiger partial charge on any atom is -0.493 e. The molecule has 6 heteroatoms. The second-order valence-electron chi connectivity index (χ2n) is 4.71. The molecule has 1 heterocycles. The van der Waals surface area contributed by atoms with E-state index in [-0.39, 0.29) is 0 Å². The average Bonchev–Trinajstić information content (AvgIpc) is 2.89. The summed E-state index contributed by atoms with van der Waals surface area (Å²) in [6, 6.07) is 3.50. The van der Waals surface area contributed by atoms with Gasteiger partial charge in [0.15, 0.2) is 11.5 Å². The van der Waals surface area contributed by atoms with Gasteiger partial charge in [0.05, 0.1) is 25.3 Å². The Kier molecular flexibility index (Phi) is 5.09. The maximum Gasteiger partial charge on any atom is 0.179 e. The van der Waals surface area contributed by atoms with Crippen molar-refractivity contribution in [3.8, 4) is 11.5 Å². The summed E-state index contributed by atoms with van der Waals surface area (Å²) >= 11 is 6.29. The van der Waals surface area contributed by atoms with Crippen LogP contribution in [0.25, 0.3) is 0 Å². The fraction of sp³-hybridized carbons (Fsp3) is 0.400. The molecule has 1 aromatic heterocycles. The van der Waals surface area contributed by atoms with Gasteiger partial charge in [0.1, 0.15) is 5.82 Å². The number of nitrogens with zero attached hydrogens (tertiary/aromatic N) is 2. The van der Waals surface area contributed by atoms with Crippen LogP contribution < -0.4 is 9.47 Å². The topological polar surface area (TPSA) is 56.5 Å². The SMILES string of the molecule is COc1ccc(C(O)CCc2nccn2C)c(Cl)c1OC. The molecule has 0 aliphatic carbocycles. The normalized spacial score (nSPS) is 12.2. The van der Waals surface area contributed by atoms with Crippen LogP contribution in [0.1, 0.15) is 23.9 Å². The largest absolute Gasteiger partial charge is 0.493 e. The summed E-state index contributed by atoms with van der Waals surface area (Å²) in [6.45, 7) is 0. The van der Waals surface area contributed by atoms with Crippen molar-refractivity contribution in [1.82, 2.24) is 9.55 Å². The number of rotatable bonds is 6. The van der Waals surface area contributed by atoms with Crippen LogP contribution >= 0.6 is 11.6 Å². The third kappa shape index (κ3) is 3.31. The Balaban J connectivity index is 2.15. The zero-order valence-corrected chi connectivity index (χ0v) is 13.1. The fourth-order valence-corrected chi connectivity index (χ4v) is 2.58. The summed E-state index contributed by atoms with van der Waals surface area (Å²) in [5, 5.41) is 10.7. The molecule has 0 saturated carbocycles. The number of halogens is 1. The number of aliphatic hydroxyl groups excluding tert-OH is 1. The smallest absolute Gasteiger partial charge is 0.179 e. The number of imidazole rings is 1. The second kappa shape index (κ2) is 6.83. The number of aliphatic hydroxyl groups is 1. The summed E-state index contributed by atoms with van der Waals surface area (Å²) in [4.78, 5) is 4.24. The highest BCUT2D eigenvalue weighted by Gasteiger charge is 2.19. The summed E-state index contributed by atoms with van der Waals surface area (Å²) < 4.78 is 12.4. The standard InChI is InChI=1S/C15H19ClN2O3/c1-18-9-8-17-13(18)7-5-11(19)10-4-6-12(20-2)15(21-3)14(10)16/h4,6,8-9,11,19H,5,7H2,1-3H3. The van der Waals surface area contributed by atoms with Crippen molar-refractivity contribution >= 4 is 11.6 Å². The van der Waals surface area contributed by atoms with E-state index >= 15 is 0 Å². The third-order valence-corrected chi connectivity index (χ3v) is 3.83. The van der Waals surface area contributed by atoms with Crippen LogP contribution in [0.15, 0.2) is 24.5 Å². The molecule has 1 aromatic carbocycles. The summed E-state index contributed by atoms with van der Waals surface area (Å²) in [5.41, 5.74) is 0.628. The lowest BCUT2D eigenvalue weighted by Crippen LogP contribution is -2.05. The highest BCUT2D eigenvalue weighted by atomic mass is 35.5. The van der Waals surface area contributed by atoms with Crippen molar-refractivity contribution in [3.63, 3.8) is 0 Å². The van der Waals surface area contributed by atoms with Gasteiger partial charge < -0.3 is 19.1 Å². The Morgan fingerprint density at radius 1 is 1.33 bits per heavy atom. The predicted molar refractivity (Wildman–Crippen MR) is 81.0 cm³/mol. The molecule has 0 fully saturated rings. The van der Waals surface area contributed by atoms with Crippen molar-refractivity contribution in [2.24, 2.45) is 7.05 Å². The van der Waals surface area contributed by atoms with E-state index in [1.807, 2.05) is 17.8 Å². The Labute approximate surface area is 129 Å².